The SMILES string of the molecule is CN1CCN(c2cc([N+](=O)[O-])cc(S(=O)(=O)O)c2)CC1. The Labute approximate surface area is 116 Å². The molecule has 1 heterocycles. The maximum absolute atomic E-state index is 11.2. The summed E-state index contributed by atoms with van der Waals surface area (Å²) in [4.78, 5) is 13.7. The third-order valence-corrected chi connectivity index (χ3v) is 4.08. The molecule has 2 rings (SSSR count). The molecule has 0 saturated carbocycles. The molecule has 0 atom stereocenters. The highest BCUT2D eigenvalue weighted by Gasteiger charge is 2.21. The molecule has 0 radical (unpaired) electrons. The largest absolute Gasteiger partial charge is 0.369 e. The van der Waals surface area contributed by atoms with Gasteiger partial charge < -0.3 is 9.80 Å². The predicted octanol–water partition coefficient (Wildman–Crippen LogP) is 0.593. The zero-order chi connectivity index (χ0) is 14.9. The molecule has 1 aromatic carbocycles. The summed E-state index contributed by atoms with van der Waals surface area (Å²) >= 11 is 0. The summed E-state index contributed by atoms with van der Waals surface area (Å²) in [6.07, 6.45) is 0. The first-order valence-corrected chi connectivity index (χ1v) is 7.42. The molecule has 110 valence electrons. The van der Waals surface area contributed by atoms with Crippen LogP contribution in [-0.2, 0) is 10.1 Å². The van der Waals surface area contributed by atoms with Gasteiger partial charge in [-0.1, -0.05) is 0 Å². The van der Waals surface area contributed by atoms with Crippen LogP contribution in [0.15, 0.2) is 23.1 Å². The van der Waals surface area contributed by atoms with Gasteiger partial charge in [-0.05, 0) is 13.1 Å². The average molecular weight is 301 g/mol. The molecule has 1 saturated heterocycles. The van der Waals surface area contributed by atoms with Gasteiger partial charge in [-0.3, -0.25) is 14.7 Å². The molecule has 0 bridgehead atoms. The average Bonchev–Trinajstić information content (AvgIpc) is 2.38. The summed E-state index contributed by atoms with van der Waals surface area (Å²) in [5.74, 6) is 0. The molecule has 8 nitrogen and oxygen atoms in total. The molecule has 0 unspecified atom stereocenters. The van der Waals surface area contributed by atoms with Gasteiger partial charge in [-0.2, -0.15) is 8.42 Å². The van der Waals surface area contributed by atoms with Crippen molar-refractivity contribution in [2.75, 3.05) is 38.1 Å². The number of anilines is 1. The van der Waals surface area contributed by atoms with Crippen LogP contribution in [0.25, 0.3) is 0 Å². The molecule has 1 aliphatic rings. The van der Waals surface area contributed by atoms with E-state index in [9.17, 15) is 18.5 Å². The summed E-state index contributed by atoms with van der Waals surface area (Å²) in [5.41, 5.74) is 0.0778. The highest BCUT2D eigenvalue weighted by atomic mass is 32.2. The Bertz CT molecular complexity index is 623. The molecule has 0 amide bonds. The summed E-state index contributed by atoms with van der Waals surface area (Å²) in [6.45, 7) is 2.85. The van der Waals surface area contributed by atoms with Crippen LogP contribution in [0, 0.1) is 10.1 Å². The highest BCUT2D eigenvalue weighted by Crippen LogP contribution is 2.27. The molecule has 1 fully saturated rings. The summed E-state index contributed by atoms with van der Waals surface area (Å²) < 4.78 is 31.5. The second-order valence-electron chi connectivity index (χ2n) is 4.71. The number of rotatable bonds is 3. The van der Waals surface area contributed by atoms with Crippen molar-refractivity contribution in [1.82, 2.24) is 4.90 Å². The maximum atomic E-state index is 11.2. The van der Waals surface area contributed by atoms with E-state index in [0.717, 1.165) is 19.2 Å². The van der Waals surface area contributed by atoms with Crippen LogP contribution in [0.5, 0.6) is 0 Å². The van der Waals surface area contributed by atoms with E-state index in [1.54, 1.807) is 0 Å². The Kier molecular flexibility index (Phi) is 3.93. The smallest absolute Gasteiger partial charge is 0.294 e. The quantitative estimate of drug-likeness (QED) is 0.495. The van der Waals surface area contributed by atoms with Gasteiger partial charge in [0.15, 0.2) is 0 Å². The van der Waals surface area contributed by atoms with E-state index in [4.69, 9.17) is 4.55 Å². The summed E-state index contributed by atoms with van der Waals surface area (Å²) in [7, 11) is -2.51. The minimum Gasteiger partial charge on any atom is -0.369 e. The number of likely N-dealkylation sites (N-methyl/N-ethyl adjacent to an activating group) is 1. The van der Waals surface area contributed by atoms with Gasteiger partial charge in [0.2, 0.25) is 0 Å². The van der Waals surface area contributed by atoms with Crippen molar-refractivity contribution >= 4 is 21.5 Å². The molecule has 0 aliphatic carbocycles. The first-order chi connectivity index (χ1) is 9.27. The van der Waals surface area contributed by atoms with Crippen molar-refractivity contribution in [3.05, 3.63) is 28.3 Å². The lowest BCUT2D eigenvalue weighted by Crippen LogP contribution is -2.44. The van der Waals surface area contributed by atoms with Crippen LogP contribution < -0.4 is 4.90 Å². The zero-order valence-corrected chi connectivity index (χ0v) is 11.7. The fourth-order valence-electron chi connectivity index (χ4n) is 2.07. The lowest BCUT2D eigenvalue weighted by Gasteiger charge is -2.34. The van der Waals surface area contributed by atoms with Crippen LogP contribution in [0.2, 0.25) is 0 Å². The molecule has 0 aromatic heterocycles. The van der Waals surface area contributed by atoms with E-state index in [0.29, 0.717) is 18.8 Å². The third-order valence-electron chi connectivity index (χ3n) is 3.25. The van der Waals surface area contributed by atoms with E-state index in [-0.39, 0.29) is 5.69 Å². The zero-order valence-electron chi connectivity index (χ0n) is 10.9. The van der Waals surface area contributed by atoms with Gasteiger partial charge in [0.05, 0.1) is 4.92 Å². The summed E-state index contributed by atoms with van der Waals surface area (Å²) in [6, 6.07) is 3.43. The van der Waals surface area contributed by atoms with Crippen molar-refractivity contribution < 1.29 is 17.9 Å². The Morgan fingerprint density at radius 3 is 2.30 bits per heavy atom. The molecule has 1 aliphatic heterocycles. The number of benzene rings is 1. The Morgan fingerprint density at radius 2 is 1.80 bits per heavy atom. The number of nitrogens with zero attached hydrogens (tertiary/aromatic N) is 3. The van der Waals surface area contributed by atoms with Gasteiger partial charge >= 0.3 is 0 Å². The number of non-ortho nitro benzene ring substituents is 1. The monoisotopic (exact) mass is 301 g/mol. The van der Waals surface area contributed by atoms with Crippen molar-refractivity contribution in [2.45, 2.75) is 4.90 Å². The third kappa shape index (κ3) is 3.24. The second kappa shape index (κ2) is 5.35. The number of nitro benzene ring substituents is 1. The lowest BCUT2D eigenvalue weighted by molar-refractivity contribution is -0.385. The Hall–Kier alpha value is -1.71. The number of hydrogen-bond donors (Lipinski definition) is 1. The van der Waals surface area contributed by atoms with Crippen molar-refractivity contribution in [3.63, 3.8) is 0 Å². The number of piperazine rings is 1. The minimum atomic E-state index is -4.47. The molecule has 20 heavy (non-hydrogen) atoms. The van der Waals surface area contributed by atoms with Gasteiger partial charge in [0.1, 0.15) is 4.90 Å². The predicted molar refractivity (Wildman–Crippen MR) is 72.6 cm³/mol. The van der Waals surface area contributed by atoms with Crippen LogP contribution in [0.1, 0.15) is 0 Å². The van der Waals surface area contributed by atoms with Crippen LogP contribution in [0.4, 0.5) is 11.4 Å². The number of nitro groups is 1. The van der Waals surface area contributed by atoms with Crippen molar-refractivity contribution in [3.8, 4) is 0 Å². The molecule has 0 spiro atoms. The van der Waals surface area contributed by atoms with E-state index in [1.807, 2.05) is 11.9 Å². The van der Waals surface area contributed by atoms with Gasteiger partial charge in [-0.25, -0.2) is 0 Å². The molecule has 1 N–H and O–H groups in total. The molecule has 9 heteroatoms. The van der Waals surface area contributed by atoms with Crippen LogP contribution >= 0.6 is 0 Å². The van der Waals surface area contributed by atoms with Crippen molar-refractivity contribution in [1.29, 1.82) is 0 Å². The molecular weight excluding hydrogens is 286 g/mol. The Morgan fingerprint density at radius 1 is 1.20 bits per heavy atom. The molecule has 1 aromatic rings. The topological polar surface area (TPSA) is 104 Å². The fraction of sp³-hybridized carbons (Fsp3) is 0.455. The minimum absolute atomic E-state index is 0.353. The van der Waals surface area contributed by atoms with Gasteiger partial charge in [0, 0.05) is 44.0 Å². The second-order valence-corrected chi connectivity index (χ2v) is 6.13. The van der Waals surface area contributed by atoms with E-state index >= 15 is 0 Å². The maximum Gasteiger partial charge on any atom is 0.294 e. The van der Waals surface area contributed by atoms with Gasteiger partial charge in [0.25, 0.3) is 15.8 Å². The highest BCUT2D eigenvalue weighted by molar-refractivity contribution is 7.85. The first-order valence-electron chi connectivity index (χ1n) is 5.98. The van der Waals surface area contributed by atoms with Gasteiger partial charge in [-0.15, -0.1) is 0 Å². The van der Waals surface area contributed by atoms with Crippen LogP contribution in [-0.4, -0.2) is 56.0 Å². The first kappa shape index (κ1) is 14.7. The standard InChI is InChI=1S/C11H15N3O5S/c1-12-2-4-13(5-3-12)9-6-10(14(15)16)8-11(7-9)20(17,18)19/h6-8H,2-5H2,1H3,(H,17,18,19). The molecular formula is C11H15N3O5S. The fourth-order valence-corrected chi connectivity index (χ4v) is 2.61. The van der Waals surface area contributed by atoms with Crippen LogP contribution in [0.3, 0.4) is 0 Å². The normalized spacial score (nSPS) is 17.2. The lowest BCUT2D eigenvalue weighted by atomic mass is 10.2. The van der Waals surface area contributed by atoms with E-state index in [2.05, 4.69) is 4.90 Å². The Balaban J connectivity index is 2.42. The van der Waals surface area contributed by atoms with E-state index in [1.165, 1.54) is 12.1 Å². The summed E-state index contributed by atoms with van der Waals surface area (Å²) in [5, 5.41) is 10.9. The van der Waals surface area contributed by atoms with E-state index < -0.39 is 19.9 Å². The van der Waals surface area contributed by atoms with Crippen molar-refractivity contribution in [2.24, 2.45) is 0 Å². The number of hydrogen-bond acceptors (Lipinski definition) is 6.